The summed E-state index contributed by atoms with van der Waals surface area (Å²) >= 11 is 0. The van der Waals surface area contributed by atoms with Crippen molar-refractivity contribution in [2.75, 3.05) is 0 Å². The molecule has 0 amide bonds. The quantitative estimate of drug-likeness (QED) is 0.697. The molecule has 3 aliphatic rings. The molecule has 5 rings (SSSR count). The monoisotopic (exact) mass is 287 g/mol. The molecule has 1 aliphatic heterocycles. The van der Waals surface area contributed by atoms with Crippen LogP contribution in [0.15, 0.2) is 60.1 Å². The molecule has 108 valence electrons. The van der Waals surface area contributed by atoms with Crippen molar-refractivity contribution < 1.29 is 4.74 Å². The Balaban J connectivity index is 1.90. The highest BCUT2D eigenvalue weighted by Gasteiger charge is 2.28. The Hall–Kier alpha value is -2.48. The molecule has 0 saturated carbocycles. The number of benzene rings is 1. The summed E-state index contributed by atoms with van der Waals surface area (Å²) in [6.45, 7) is 0. The standard InChI is InChI=1S/C20H17NO/c1-4-10-16-13(7-1)19-14-8-2-5-11-17(14)22-18-12-6-3-9-15(18)20(19)21-16/h1-2,4,7-10,12,21H,3,5-6,11H2. The van der Waals surface area contributed by atoms with Gasteiger partial charge in [0.2, 0.25) is 0 Å². The first-order valence-corrected chi connectivity index (χ1v) is 8.01. The minimum absolute atomic E-state index is 0.982. The largest absolute Gasteiger partial charge is 0.461 e. The van der Waals surface area contributed by atoms with E-state index in [4.69, 9.17) is 4.74 Å². The molecule has 0 saturated heterocycles. The van der Waals surface area contributed by atoms with Crippen molar-refractivity contribution in [3.8, 4) is 0 Å². The van der Waals surface area contributed by atoms with Crippen molar-refractivity contribution in [3.05, 3.63) is 71.3 Å². The van der Waals surface area contributed by atoms with Gasteiger partial charge in [0.1, 0.15) is 11.5 Å². The smallest absolute Gasteiger partial charge is 0.132 e. The number of aromatic amines is 1. The summed E-state index contributed by atoms with van der Waals surface area (Å²) in [6, 6.07) is 8.56. The summed E-state index contributed by atoms with van der Waals surface area (Å²) in [5.41, 5.74) is 6.18. The van der Waals surface area contributed by atoms with Crippen LogP contribution in [-0.4, -0.2) is 4.98 Å². The fraction of sp³-hybridized carbons (Fsp3) is 0.200. The lowest BCUT2D eigenvalue weighted by molar-refractivity contribution is 0.309. The SMILES string of the molecule is C1=CC2=C(CC1)OC1=CCCC=C1c1[nH]c3ccccc3c12. The van der Waals surface area contributed by atoms with Gasteiger partial charge < -0.3 is 9.72 Å². The second kappa shape index (κ2) is 4.51. The van der Waals surface area contributed by atoms with Crippen LogP contribution in [0.1, 0.15) is 36.9 Å². The van der Waals surface area contributed by atoms with Gasteiger partial charge in [-0.25, -0.2) is 0 Å². The molecule has 2 aromatic rings. The van der Waals surface area contributed by atoms with E-state index in [1.165, 1.54) is 33.3 Å². The normalized spacial score (nSPS) is 19.6. The lowest BCUT2D eigenvalue weighted by Gasteiger charge is -2.17. The van der Waals surface area contributed by atoms with Gasteiger partial charge in [-0.2, -0.15) is 0 Å². The van der Waals surface area contributed by atoms with Crippen molar-refractivity contribution in [3.63, 3.8) is 0 Å². The molecule has 1 aromatic carbocycles. The molecule has 1 aromatic heterocycles. The Morgan fingerprint density at radius 3 is 2.91 bits per heavy atom. The maximum absolute atomic E-state index is 6.31. The zero-order chi connectivity index (χ0) is 14.5. The van der Waals surface area contributed by atoms with Gasteiger partial charge in [0, 0.05) is 34.0 Å². The van der Waals surface area contributed by atoms with Crippen LogP contribution >= 0.6 is 0 Å². The first-order chi connectivity index (χ1) is 10.9. The highest BCUT2D eigenvalue weighted by atomic mass is 16.5. The van der Waals surface area contributed by atoms with E-state index in [0.29, 0.717) is 0 Å². The molecule has 0 radical (unpaired) electrons. The molecule has 2 heteroatoms. The molecule has 2 nitrogen and oxygen atoms in total. The molecule has 1 N–H and O–H groups in total. The van der Waals surface area contributed by atoms with Crippen LogP contribution in [0, 0.1) is 0 Å². The van der Waals surface area contributed by atoms with Gasteiger partial charge in [-0.05, 0) is 31.4 Å². The number of allylic oxidation sites excluding steroid dienone is 7. The number of para-hydroxylation sites is 1. The fourth-order valence-electron chi connectivity index (χ4n) is 3.70. The lowest BCUT2D eigenvalue weighted by Crippen LogP contribution is -1.99. The second-order valence-electron chi connectivity index (χ2n) is 6.06. The van der Waals surface area contributed by atoms with E-state index in [1.54, 1.807) is 0 Å². The molecule has 0 fully saturated rings. The van der Waals surface area contributed by atoms with Crippen molar-refractivity contribution in [2.24, 2.45) is 0 Å². The van der Waals surface area contributed by atoms with E-state index in [-0.39, 0.29) is 0 Å². The van der Waals surface area contributed by atoms with Crippen LogP contribution in [0.25, 0.3) is 22.0 Å². The van der Waals surface area contributed by atoms with Crippen LogP contribution in [0.4, 0.5) is 0 Å². The van der Waals surface area contributed by atoms with E-state index in [0.717, 1.165) is 37.2 Å². The Kier molecular flexibility index (Phi) is 2.48. The molecular weight excluding hydrogens is 270 g/mol. The zero-order valence-electron chi connectivity index (χ0n) is 12.4. The van der Waals surface area contributed by atoms with Crippen LogP contribution in [0.2, 0.25) is 0 Å². The number of aromatic nitrogens is 1. The summed E-state index contributed by atoms with van der Waals surface area (Å²) in [5, 5.41) is 1.29. The lowest BCUT2D eigenvalue weighted by atomic mass is 9.93. The molecule has 0 spiro atoms. The number of rotatable bonds is 0. The summed E-state index contributed by atoms with van der Waals surface area (Å²) in [4.78, 5) is 3.63. The number of hydrogen-bond acceptors (Lipinski definition) is 1. The number of H-pyrrole nitrogens is 1. The molecular formula is C20H17NO. The maximum atomic E-state index is 6.31. The van der Waals surface area contributed by atoms with Crippen molar-refractivity contribution in [2.45, 2.75) is 25.7 Å². The number of nitrogens with one attached hydrogen (secondary N) is 1. The third-order valence-corrected chi connectivity index (χ3v) is 4.71. The minimum Gasteiger partial charge on any atom is -0.461 e. The number of hydrogen-bond donors (Lipinski definition) is 1. The van der Waals surface area contributed by atoms with E-state index in [1.807, 2.05) is 0 Å². The Morgan fingerprint density at radius 2 is 1.91 bits per heavy atom. The van der Waals surface area contributed by atoms with E-state index >= 15 is 0 Å². The molecule has 0 bridgehead atoms. The van der Waals surface area contributed by atoms with E-state index in [9.17, 15) is 0 Å². The second-order valence-corrected chi connectivity index (χ2v) is 6.06. The maximum Gasteiger partial charge on any atom is 0.132 e. The minimum atomic E-state index is 0.982. The average Bonchev–Trinajstić information content (AvgIpc) is 2.89. The van der Waals surface area contributed by atoms with E-state index in [2.05, 4.69) is 53.6 Å². The van der Waals surface area contributed by atoms with Crippen LogP contribution < -0.4 is 0 Å². The highest BCUT2D eigenvalue weighted by Crippen LogP contribution is 2.45. The van der Waals surface area contributed by atoms with Crippen LogP contribution in [0.5, 0.6) is 0 Å². The van der Waals surface area contributed by atoms with Gasteiger partial charge in [-0.3, -0.25) is 0 Å². The Labute approximate surface area is 129 Å². The number of ether oxygens (including phenoxy) is 1. The predicted molar refractivity (Wildman–Crippen MR) is 90.0 cm³/mol. The van der Waals surface area contributed by atoms with Crippen molar-refractivity contribution >= 4 is 22.0 Å². The third-order valence-electron chi connectivity index (χ3n) is 4.71. The first-order valence-electron chi connectivity index (χ1n) is 8.01. The topological polar surface area (TPSA) is 25.0 Å². The molecule has 0 atom stereocenters. The fourth-order valence-corrected chi connectivity index (χ4v) is 3.70. The van der Waals surface area contributed by atoms with Gasteiger partial charge in [0.25, 0.3) is 0 Å². The first kappa shape index (κ1) is 12.1. The van der Waals surface area contributed by atoms with Crippen molar-refractivity contribution in [1.82, 2.24) is 4.98 Å². The zero-order valence-corrected chi connectivity index (χ0v) is 12.4. The molecule has 22 heavy (non-hydrogen) atoms. The predicted octanol–water partition coefficient (Wildman–Crippen LogP) is 5.32. The third kappa shape index (κ3) is 1.61. The highest BCUT2D eigenvalue weighted by molar-refractivity contribution is 6.03. The molecule has 2 aliphatic carbocycles. The molecule has 2 heterocycles. The van der Waals surface area contributed by atoms with E-state index < -0.39 is 0 Å². The number of fused-ring (bicyclic) bond motifs is 6. The van der Waals surface area contributed by atoms with Gasteiger partial charge in [0.05, 0.1) is 5.69 Å². The van der Waals surface area contributed by atoms with Gasteiger partial charge in [0.15, 0.2) is 0 Å². The summed E-state index contributed by atoms with van der Waals surface area (Å²) in [7, 11) is 0. The summed E-state index contributed by atoms with van der Waals surface area (Å²) in [6.07, 6.45) is 13.2. The van der Waals surface area contributed by atoms with Gasteiger partial charge >= 0.3 is 0 Å². The van der Waals surface area contributed by atoms with Crippen LogP contribution in [-0.2, 0) is 4.74 Å². The average molecular weight is 287 g/mol. The summed E-state index contributed by atoms with van der Waals surface area (Å²) < 4.78 is 6.31. The van der Waals surface area contributed by atoms with Gasteiger partial charge in [-0.1, -0.05) is 36.4 Å². The summed E-state index contributed by atoms with van der Waals surface area (Å²) in [5.74, 6) is 2.14. The van der Waals surface area contributed by atoms with Crippen molar-refractivity contribution in [1.29, 1.82) is 0 Å². The Morgan fingerprint density at radius 1 is 1.00 bits per heavy atom. The molecule has 0 unspecified atom stereocenters. The van der Waals surface area contributed by atoms with Gasteiger partial charge in [-0.15, -0.1) is 0 Å². The van der Waals surface area contributed by atoms with Crippen LogP contribution in [0.3, 0.4) is 0 Å². The Bertz CT molecular complexity index is 905.